The largest absolute Gasteiger partial charge is 0.390 e. The van der Waals surface area contributed by atoms with Crippen LogP contribution in [0.5, 0.6) is 0 Å². The lowest BCUT2D eigenvalue weighted by molar-refractivity contribution is 0.00654. The molecule has 2 aliphatic rings. The number of anilines is 1. The highest BCUT2D eigenvalue weighted by atomic mass is 32.2. The molecule has 0 spiro atoms. The molecule has 0 radical (unpaired) electrons. The van der Waals surface area contributed by atoms with Gasteiger partial charge in [-0.05, 0) is 73.4 Å². The van der Waals surface area contributed by atoms with Crippen molar-refractivity contribution in [3.63, 3.8) is 0 Å². The van der Waals surface area contributed by atoms with E-state index >= 15 is 0 Å². The van der Waals surface area contributed by atoms with E-state index in [1.54, 1.807) is 24.3 Å². The van der Waals surface area contributed by atoms with Crippen LogP contribution >= 0.6 is 0 Å². The summed E-state index contributed by atoms with van der Waals surface area (Å²) in [4.78, 5) is 0.261. The summed E-state index contributed by atoms with van der Waals surface area (Å²) < 4.78 is 29.3. The van der Waals surface area contributed by atoms with Crippen molar-refractivity contribution in [2.75, 3.05) is 4.31 Å². The predicted molar refractivity (Wildman–Crippen MR) is 116 cm³/mol. The topological polar surface area (TPSA) is 57.6 Å². The summed E-state index contributed by atoms with van der Waals surface area (Å²) in [5, 5.41) is 11.4. The molecule has 2 saturated carbocycles. The van der Waals surface area contributed by atoms with Gasteiger partial charge in [0.25, 0.3) is 10.0 Å². The second-order valence-electron chi connectivity index (χ2n) is 9.68. The summed E-state index contributed by atoms with van der Waals surface area (Å²) in [6.45, 7) is 10.4. The van der Waals surface area contributed by atoms with E-state index in [2.05, 4.69) is 20.8 Å². The number of hydrogen-bond donors (Lipinski definition) is 1. The molecule has 29 heavy (non-hydrogen) atoms. The Labute approximate surface area is 174 Å². The molecule has 2 aromatic rings. The number of nitrogens with zero attached hydrogens (tertiary/aromatic N) is 1. The summed E-state index contributed by atoms with van der Waals surface area (Å²) in [7, 11) is -3.83. The fraction of sp³-hybridized carbons (Fsp3) is 0.500. The maximum absolute atomic E-state index is 13.9. The van der Waals surface area contributed by atoms with E-state index < -0.39 is 22.2 Å². The fourth-order valence-electron chi connectivity index (χ4n) is 5.83. The minimum absolute atomic E-state index is 0.0989. The summed E-state index contributed by atoms with van der Waals surface area (Å²) in [6, 6.07) is 14.0. The van der Waals surface area contributed by atoms with E-state index in [1.807, 2.05) is 38.1 Å². The van der Waals surface area contributed by atoms with Crippen molar-refractivity contribution in [1.29, 1.82) is 0 Å². The van der Waals surface area contributed by atoms with Crippen molar-refractivity contribution in [3.05, 3.63) is 59.7 Å². The van der Waals surface area contributed by atoms with E-state index in [4.69, 9.17) is 0 Å². The van der Waals surface area contributed by atoms with Crippen molar-refractivity contribution in [1.82, 2.24) is 0 Å². The number of aryl methyl sites for hydroxylation is 2. The number of benzene rings is 2. The van der Waals surface area contributed by atoms with Crippen molar-refractivity contribution < 1.29 is 13.5 Å². The van der Waals surface area contributed by atoms with Crippen LogP contribution in [0.25, 0.3) is 0 Å². The van der Waals surface area contributed by atoms with Gasteiger partial charge in [-0.1, -0.05) is 45.0 Å². The highest BCUT2D eigenvalue weighted by Gasteiger charge is 2.68. The van der Waals surface area contributed by atoms with E-state index in [1.165, 1.54) is 4.31 Å². The third kappa shape index (κ3) is 2.85. The standard InChI is InChI=1S/C24H31NO3S/c1-16-13-17(2)15-18(14-16)25(29(27,28)19-9-7-6-8-10-19)21-20-11-12-24(5,22(21)26)23(20,3)4/h6-10,13-15,20-22,26H,11-12H2,1-5H3/t20?,21-,22?,24-/m0/s1. The van der Waals surface area contributed by atoms with Crippen LogP contribution in [-0.4, -0.2) is 25.7 Å². The maximum Gasteiger partial charge on any atom is 0.264 e. The monoisotopic (exact) mass is 413 g/mol. The molecule has 4 nitrogen and oxygen atoms in total. The summed E-state index contributed by atoms with van der Waals surface area (Å²) in [6.07, 6.45) is 1.14. The zero-order chi connectivity index (χ0) is 21.2. The van der Waals surface area contributed by atoms with Crippen LogP contribution < -0.4 is 4.31 Å². The Kier molecular flexibility index (Phi) is 4.63. The van der Waals surface area contributed by atoms with Crippen LogP contribution in [0.1, 0.15) is 44.7 Å². The van der Waals surface area contributed by atoms with Gasteiger partial charge in [-0.25, -0.2) is 8.42 Å². The minimum Gasteiger partial charge on any atom is -0.390 e. The van der Waals surface area contributed by atoms with Gasteiger partial charge in [-0.2, -0.15) is 0 Å². The van der Waals surface area contributed by atoms with Gasteiger partial charge in [0, 0.05) is 5.41 Å². The smallest absolute Gasteiger partial charge is 0.264 e. The van der Waals surface area contributed by atoms with Crippen molar-refractivity contribution in [2.24, 2.45) is 16.7 Å². The quantitative estimate of drug-likeness (QED) is 0.791. The molecule has 5 heteroatoms. The third-order valence-electron chi connectivity index (χ3n) is 7.79. The highest BCUT2D eigenvalue weighted by molar-refractivity contribution is 7.92. The first kappa shape index (κ1) is 20.4. The third-order valence-corrected chi connectivity index (χ3v) is 9.63. The second kappa shape index (κ2) is 6.58. The van der Waals surface area contributed by atoms with Gasteiger partial charge < -0.3 is 5.11 Å². The molecule has 0 aliphatic heterocycles. The second-order valence-corrected chi connectivity index (χ2v) is 11.5. The van der Waals surface area contributed by atoms with Gasteiger partial charge in [-0.15, -0.1) is 0 Å². The first-order chi connectivity index (χ1) is 13.5. The SMILES string of the molecule is Cc1cc(C)cc(N([C@H]2C3CC[C@@](C)(C2O)C3(C)C)S(=O)(=O)c2ccccc2)c1. The van der Waals surface area contributed by atoms with Gasteiger partial charge in [0.15, 0.2) is 0 Å². The Morgan fingerprint density at radius 3 is 2.10 bits per heavy atom. The summed E-state index contributed by atoms with van der Waals surface area (Å²) >= 11 is 0. The Balaban J connectivity index is 1.93. The lowest BCUT2D eigenvalue weighted by Crippen LogP contribution is -2.52. The summed E-state index contributed by atoms with van der Waals surface area (Å²) in [5.41, 5.74) is 2.22. The van der Waals surface area contributed by atoms with Crippen LogP contribution in [0.2, 0.25) is 0 Å². The molecule has 156 valence electrons. The molecule has 2 unspecified atom stereocenters. The van der Waals surface area contributed by atoms with Crippen molar-refractivity contribution in [2.45, 2.75) is 64.5 Å². The van der Waals surface area contributed by atoms with Crippen LogP contribution in [0, 0.1) is 30.6 Å². The van der Waals surface area contributed by atoms with Crippen LogP contribution in [-0.2, 0) is 10.0 Å². The molecule has 2 aliphatic carbocycles. The number of rotatable bonds is 4. The number of sulfonamides is 1. The van der Waals surface area contributed by atoms with Gasteiger partial charge >= 0.3 is 0 Å². The average Bonchev–Trinajstić information content (AvgIpc) is 2.95. The molecule has 2 bridgehead atoms. The van der Waals surface area contributed by atoms with E-state index in [9.17, 15) is 13.5 Å². The van der Waals surface area contributed by atoms with Crippen LogP contribution in [0.3, 0.4) is 0 Å². The van der Waals surface area contributed by atoms with E-state index in [0.717, 1.165) is 24.0 Å². The molecular formula is C24H31NO3S. The maximum atomic E-state index is 13.9. The molecule has 0 heterocycles. The number of fused-ring (bicyclic) bond motifs is 2. The average molecular weight is 414 g/mol. The van der Waals surface area contributed by atoms with Crippen LogP contribution in [0.4, 0.5) is 5.69 Å². The lowest BCUT2D eigenvalue weighted by Gasteiger charge is -2.40. The molecule has 2 fully saturated rings. The molecular weight excluding hydrogens is 382 g/mol. The normalized spacial score (nSPS) is 30.5. The van der Waals surface area contributed by atoms with Crippen molar-refractivity contribution >= 4 is 15.7 Å². The number of aliphatic hydroxyl groups is 1. The summed E-state index contributed by atoms with van der Waals surface area (Å²) in [5.74, 6) is 0.0989. The zero-order valence-electron chi connectivity index (χ0n) is 17.9. The molecule has 4 rings (SSSR count). The van der Waals surface area contributed by atoms with Gasteiger partial charge in [-0.3, -0.25) is 4.31 Å². The number of aliphatic hydroxyl groups excluding tert-OH is 1. The minimum atomic E-state index is -3.83. The van der Waals surface area contributed by atoms with Gasteiger partial charge in [0.05, 0.1) is 22.7 Å². The Hall–Kier alpha value is -1.85. The Morgan fingerprint density at radius 2 is 1.59 bits per heavy atom. The first-order valence-electron chi connectivity index (χ1n) is 10.4. The molecule has 0 saturated heterocycles. The molecule has 1 N–H and O–H groups in total. The molecule has 2 aromatic carbocycles. The Morgan fingerprint density at radius 1 is 1.00 bits per heavy atom. The highest BCUT2D eigenvalue weighted by Crippen LogP contribution is 2.67. The van der Waals surface area contributed by atoms with Crippen molar-refractivity contribution in [3.8, 4) is 0 Å². The molecule has 0 amide bonds. The molecule has 4 atom stereocenters. The lowest BCUT2D eigenvalue weighted by atomic mass is 9.70. The Bertz CT molecular complexity index is 1010. The van der Waals surface area contributed by atoms with Gasteiger partial charge in [0.2, 0.25) is 0 Å². The predicted octanol–water partition coefficient (Wildman–Crippen LogP) is 4.68. The number of hydrogen-bond acceptors (Lipinski definition) is 3. The van der Waals surface area contributed by atoms with E-state index in [-0.39, 0.29) is 21.6 Å². The van der Waals surface area contributed by atoms with Gasteiger partial charge in [0.1, 0.15) is 0 Å². The fourth-order valence-corrected chi connectivity index (χ4v) is 7.53. The van der Waals surface area contributed by atoms with E-state index in [0.29, 0.717) is 5.69 Å². The first-order valence-corrected chi connectivity index (χ1v) is 11.8. The zero-order valence-corrected chi connectivity index (χ0v) is 18.7. The molecule has 0 aromatic heterocycles. The van der Waals surface area contributed by atoms with Crippen LogP contribution in [0.15, 0.2) is 53.4 Å².